The van der Waals surface area contributed by atoms with Gasteiger partial charge in [-0.1, -0.05) is 32.0 Å². The van der Waals surface area contributed by atoms with Gasteiger partial charge < -0.3 is 0 Å². The summed E-state index contributed by atoms with van der Waals surface area (Å²) in [6.45, 7) is 4.15. The van der Waals surface area contributed by atoms with E-state index in [2.05, 4.69) is 23.9 Å². The normalized spacial score (nSPS) is 15.3. The van der Waals surface area contributed by atoms with Crippen LogP contribution in [0.4, 0.5) is 5.69 Å². The van der Waals surface area contributed by atoms with Gasteiger partial charge in [-0.2, -0.15) is 0 Å². The molecule has 0 atom stereocenters. The van der Waals surface area contributed by atoms with E-state index in [4.69, 9.17) is 0 Å². The van der Waals surface area contributed by atoms with Crippen molar-refractivity contribution in [1.29, 1.82) is 0 Å². The molecule has 0 saturated carbocycles. The van der Waals surface area contributed by atoms with Crippen molar-refractivity contribution in [3.05, 3.63) is 51.4 Å². The maximum absolute atomic E-state index is 12.2. The van der Waals surface area contributed by atoms with E-state index in [1.54, 1.807) is 7.05 Å². The lowest BCUT2D eigenvalue weighted by Gasteiger charge is -2.03. The second-order valence-corrected chi connectivity index (χ2v) is 5.33. The Kier molecular flexibility index (Phi) is 2.93. The summed E-state index contributed by atoms with van der Waals surface area (Å²) in [6, 6.07) is 7.96. The molecule has 0 amide bonds. The molecule has 20 heavy (non-hydrogen) atoms. The molecule has 3 rings (SSSR count). The number of para-hydroxylation sites is 1. The van der Waals surface area contributed by atoms with Gasteiger partial charge in [0.15, 0.2) is 0 Å². The molecule has 0 fully saturated rings. The summed E-state index contributed by atoms with van der Waals surface area (Å²) >= 11 is 0. The largest absolute Gasteiger partial charge is 0.299 e. The van der Waals surface area contributed by atoms with Crippen LogP contribution in [0, 0.1) is 0 Å². The van der Waals surface area contributed by atoms with E-state index >= 15 is 0 Å². The van der Waals surface area contributed by atoms with Gasteiger partial charge in [-0.3, -0.25) is 19.6 Å². The first-order valence-electron chi connectivity index (χ1n) is 6.72. The zero-order valence-corrected chi connectivity index (χ0v) is 11.8. The zero-order valence-electron chi connectivity index (χ0n) is 11.8. The van der Waals surface area contributed by atoms with Gasteiger partial charge in [0.1, 0.15) is 0 Å². The van der Waals surface area contributed by atoms with E-state index in [0.717, 1.165) is 28.1 Å². The summed E-state index contributed by atoms with van der Waals surface area (Å²) in [5.41, 5.74) is 4.70. The summed E-state index contributed by atoms with van der Waals surface area (Å²) in [5, 5.41) is 3.13. The van der Waals surface area contributed by atoms with E-state index in [1.165, 1.54) is 4.68 Å². The smallest absolute Gasteiger partial charge is 0.273 e. The Bertz CT molecular complexity index is 775. The summed E-state index contributed by atoms with van der Waals surface area (Å²) < 4.78 is 1.53. The maximum Gasteiger partial charge on any atom is 0.273 e. The van der Waals surface area contributed by atoms with Crippen molar-refractivity contribution in [3.63, 3.8) is 0 Å². The highest BCUT2D eigenvalue weighted by Crippen LogP contribution is 2.32. The first-order valence-corrected chi connectivity index (χ1v) is 6.72. The summed E-state index contributed by atoms with van der Waals surface area (Å²) in [6.07, 6.45) is 3.75. The van der Waals surface area contributed by atoms with Crippen LogP contribution in [0.3, 0.4) is 0 Å². The van der Waals surface area contributed by atoms with Gasteiger partial charge in [-0.25, -0.2) is 0 Å². The number of benzene rings is 1. The standard InChI is InChI=1S/C16H17N3O/c1-10(2)15-13(16(20)19(3)18-15)8-11-9-17-14-7-5-4-6-12(11)14/h4-10,18H,1-3H3. The number of aryl methyl sites for hydroxylation is 1. The second kappa shape index (κ2) is 4.63. The van der Waals surface area contributed by atoms with Gasteiger partial charge in [0.2, 0.25) is 0 Å². The molecule has 1 aliphatic rings. The monoisotopic (exact) mass is 267 g/mol. The fourth-order valence-corrected chi connectivity index (χ4v) is 2.48. The summed E-state index contributed by atoms with van der Waals surface area (Å²) in [7, 11) is 1.74. The molecule has 4 heteroatoms. The minimum atomic E-state index is -0.000943. The van der Waals surface area contributed by atoms with Gasteiger partial charge in [-0.15, -0.1) is 0 Å². The van der Waals surface area contributed by atoms with Gasteiger partial charge >= 0.3 is 0 Å². The van der Waals surface area contributed by atoms with Crippen LogP contribution in [0.1, 0.15) is 36.6 Å². The highest BCUT2D eigenvalue weighted by molar-refractivity contribution is 6.21. The maximum atomic E-state index is 12.2. The van der Waals surface area contributed by atoms with E-state index < -0.39 is 0 Å². The number of allylic oxidation sites excluding steroid dienone is 1. The lowest BCUT2D eigenvalue weighted by molar-refractivity contribution is 0.697. The Labute approximate surface area is 117 Å². The quantitative estimate of drug-likeness (QED) is 0.893. The Morgan fingerprint density at radius 2 is 2.05 bits per heavy atom. The minimum absolute atomic E-state index is 0.000943. The number of aliphatic imine (C=N–C) groups is 1. The van der Waals surface area contributed by atoms with Gasteiger partial charge in [0.25, 0.3) is 5.56 Å². The van der Waals surface area contributed by atoms with Crippen molar-refractivity contribution >= 4 is 23.6 Å². The van der Waals surface area contributed by atoms with Crippen LogP contribution in [0.25, 0.3) is 11.6 Å². The molecule has 1 aromatic heterocycles. The molecule has 4 nitrogen and oxygen atoms in total. The summed E-state index contributed by atoms with van der Waals surface area (Å²) in [4.78, 5) is 16.6. The third-order valence-electron chi connectivity index (χ3n) is 3.55. The minimum Gasteiger partial charge on any atom is -0.299 e. The van der Waals surface area contributed by atoms with Crippen molar-refractivity contribution in [2.45, 2.75) is 19.8 Å². The van der Waals surface area contributed by atoms with Crippen LogP contribution in [-0.2, 0) is 7.05 Å². The fraction of sp³-hybridized carbons (Fsp3) is 0.250. The zero-order chi connectivity index (χ0) is 14.3. The lowest BCUT2D eigenvalue weighted by Crippen LogP contribution is -2.13. The average molecular weight is 267 g/mol. The summed E-state index contributed by atoms with van der Waals surface area (Å²) in [5.74, 6) is 0.268. The molecule has 0 saturated heterocycles. The molecule has 0 unspecified atom stereocenters. The molecule has 2 heterocycles. The number of nitrogens with one attached hydrogen (secondary N) is 1. The molecule has 0 aliphatic carbocycles. The van der Waals surface area contributed by atoms with Crippen molar-refractivity contribution in [2.24, 2.45) is 12.0 Å². The molecule has 1 aromatic carbocycles. The SMILES string of the molecule is CC(C)c1[nH]n(C)c(=O)c1C=C1C=Nc2ccccc21. The Morgan fingerprint density at radius 3 is 2.80 bits per heavy atom. The Morgan fingerprint density at radius 1 is 1.30 bits per heavy atom. The Balaban J connectivity index is 2.16. The van der Waals surface area contributed by atoms with Gasteiger partial charge in [0.05, 0.1) is 11.3 Å². The first kappa shape index (κ1) is 12.7. The molecule has 1 N–H and O–H groups in total. The van der Waals surface area contributed by atoms with E-state index in [0.29, 0.717) is 0 Å². The molecule has 102 valence electrons. The number of H-pyrrole nitrogens is 1. The number of aromatic amines is 1. The lowest BCUT2D eigenvalue weighted by atomic mass is 10.0. The van der Waals surface area contributed by atoms with Crippen LogP contribution in [-0.4, -0.2) is 16.0 Å². The average Bonchev–Trinajstić information content (AvgIpc) is 2.96. The molecule has 0 spiro atoms. The first-order chi connectivity index (χ1) is 9.58. The van der Waals surface area contributed by atoms with Crippen molar-refractivity contribution < 1.29 is 0 Å². The van der Waals surface area contributed by atoms with E-state index in [1.807, 2.05) is 36.6 Å². The van der Waals surface area contributed by atoms with Crippen molar-refractivity contribution in [3.8, 4) is 0 Å². The van der Waals surface area contributed by atoms with Crippen LogP contribution in [0.15, 0.2) is 34.1 Å². The predicted octanol–water partition coefficient (Wildman–Crippen LogP) is 3.09. The number of hydrogen-bond acceptors (Lipinski definition) is 2. The van der Waals surface area contributed by atoms with Crippen molar-refractivity contribution in [1.82, 2.24) is 9.78 Å². The van der Waals surface area contributed by atoms with E-state index in [-0.39, 0.29) is 11.5 Å². The predicted molar refractivity (Wildman–Crippen MR) is 82.6 cm³/mol. The number of hydrogen-bond donors (Lipinski definition) is 1. The van der Waals surface area contributed by atoms with Gasteiger partial charge in [0, 0.05) is 30.1 Å². The number of aromatic nitrogens is 2. The topological polar surface area (TPSA) is 50.1 Å². The van der Waals surface area contributed by atoms with E-state index in [9.17, 15) is 4.79 Å². The van der Waals surface area contributed by atoms with Crippen molar-refractivity contribution in [2.75, 3.05) is 0 Å². The molecule has 1 aliphatic heterocycles. The fourth-order valence-electron chi connectivity index (χ4n) is 2.48. The third-order valence-corrected chi connectivity index (χ3v) is 3.55. The number of nitrogens with zero attached hydrogens (tertiary/aromatic N) is 2. The Hall–Kier alpha value is -2.36. The molecular weight excluding hydrogens is 250 g/mol. The van der Waals surface area contributed by atoms with Crippen LogP contribution in [0.5, 0.6) is 0 Å². The van der Waals surface area contributed by atoms with Crippen LogP contribution < -0.4 is 5.56 Å². The van der Waals surface area contributed by atoms with Crippen LogP contribution in [0.2, 0.25) is 0 Å². The molecule has 0 radical (unpaired) electrons. The van der Waals surface area contributed by atoms with Gasteiger partial charge in [-0.05, 0) is 18.1 Å². The molecule has 0 bridgehead atoms. The third kappa shape index (κ3) is 1.93. The number of fused-ring (bicyclic) bond motifs is 1. The highest BCUT2D eigenvalue weighted by atomic mass is 16.1. The highest BCUT2D eigenvalue weighted by Gasteiger charge is 2.17. The van der Waals surface area contributed by atoms with Crippen LogP contribution >= 0.6 is 0 Å². The molecule has 2 aromatic rings. The number of rotatable bonds is 2. The molecular formula is C16H17N3O. The second-order valence-electron chi connectivity index (χ2n) is 5.33.